The summed E-state index contributed by atoms with van der Waals surface area (Å²) in [4.78, 5) is 26.5. The Hall–Kier alpha value is -2.22. The average molecular weight is 294 g/mol. The number of hydrogen-bond donors (Lipinski definition) is 2. The number of carbonyl (C=O) groups is 1. The Balaban J connectivity index is 2.12. The van der Waals surface area contributed by atoms with Gasteiger partial charge in [-0.1, -0.05) is 0 Å². The van der Waals surface area contributed by atoms with Crippen LogP contribution in [-0.4, -0.2) is 42.1 Å². The third-order valence-electron chi connectivity index (χ3n) is 3.26. The molecule has 1 atom stereocenters. The second kappa shape index (κ2) is 6.98. The molecule has 8 nitrogen and oxygen atoms in total. The Morgan fingerprint density at radius 3 is 3.05 bits per heavy atom. The maximum atomic E-state index is 12.2. The van der Waals surface area contributed by atoms with E-state index in [2.05, 4.69) is 15.6 Å². The fourth-order valence-electron chi connectivity index (χ4n) is 2.13. The zero-order valence-corrected chi connectivity index (χ0v) is 11.8. The molecule has 114 valence electrons. The van der Waals surface area contributed by atoms with Crippen molar-refractivity contribution in [2.45, 2.75) is 13.3 Å². The van der Waals surface area contributed by atoms with Gasteiger partial charge in [-0.2, -0.15) is 0 Å². The first kappa shape index (κ1) is 15.2. The van der Waals surface area contributed by atoms with E-state index in [0.717, 1.165) is 12.6 Å². The van der Waals surface area contributed by atoms with Crippen molar-refractivity contribution in [1.82, 2.24) is 10.3 Å². The lowest BCUT2D eigenvalue weighted by Gasteiger charge is -2.10. The summed E-state index contributed by atoms with van der Waals surface area (Å²) in [6.45, 7) is 4.25. The topological polar surface area (TPSA) is 106 Å². The van der Waals surface area contributed by atoms with Crippen molar-refractivity contribution >= 4 is 17.4 Å². The first-order valence-electron chi connectivity index (χ1n) is 6.86. The summed E-state index contributed by atoms with van der Waals surface area (Å²) in [7, 11) is 0. The van der Waals surface area contributed by atoms with Crippen molar-refractivity contribution in [3.05, 3.63) is 27.9 Å². The van der Waals surface area contributed by atoms with Gasteiger partial charge in [0.05, 0.1) is 11.5 Å². The lowest BCUT2D eigenvalue weighted by molar-refractivity contribution is -0.385. The third kappa shape index (κ3) is 3.88. The molecule has 2 heterocycles. The van der Waals surface area contributed by atoms with Crippen LogP contribution in [-0.2, 0) is 4.74 Å². The predicted octanol–water partition coefficient (Wildman–Crippen LogP) is 1.19. The summed E-state index contributed by atoms with van der Waals surface area (Å²) in [6.07, 6.45) is 1.99. The number of rotatable bonds is 6. The highest BCUT2D eigenvalue weighted by Crippen LogP contribution is 2.20. The molecule has 0 aliphatic carbocycles. The highest BCUT2D eigenvalue weighted by molar-refractivity contribution is 5.98. The highest BCUT2D eigenvalue weighted by atomic mass is 16.6. The van der Waals surface area contributed by atoms with E-state index in [1.165, 1.54) is 6.07 Å². The van der Waals surface area contributed by atoms with E-state index >= 15 is 0 Å². The molecule has 2 rings (SSSR count). The molecular weight excluding hydrogens is 276 g/mol. The lowest BCUT2D eigenvalue weighted by atomic mass is 10.1. The number of nitrogens with one attached hydrogen (secondary N) is 2. The van der Waals surface area contributed by atoms with Crippen LogP contribution < -0.4 is 10.6 Å². The summed E-state index contributed by atoms with van der Waals surface area (Å²) >= 11 is 0. The van der Waals surface area contributed by atoms with E-state index < -0.39 is 10.8 Å². The second-order valence-electron chi connectivity index (χ2n) is 4.81. The highest BCUT2D eigenvalue weighted by Gasteiger charge is 2.23. The number of anilines is 1. The van der Waals surface area contributed by atoms with Crippen LogP contribution in [0.15, 0.2) is 12.3 Å². The van der Waals surface area contributed by atoms with Gasteiger partial charge in [0.25, 0.3) is 11.6 Å². The fraction of sp³-hybridized carbons (Fsp3) is 0.538. The van der Waals surface area contributed by atoms with Gasteiger partial charge in [-0.15, -0.1) is 0 Å². The van der Waals surface area contributed by atoms with Crippen LogP contribution in [0.25, 0.3) is 0 Å². The molecule has 1 fully saturated rings. The van der Waals surface area contributed by atoms with E-state index in [1.54, 1.807) is 0 Å². The van der Waals surface area contributed by atoms with Crippen molar-refractivity contribution in [2.24, 2.45) is 5.92 Å². The van der Waals surface area contributed by atoms with Crippen molar-refractivity contribution in [3.8, 4) is 0 Å². The van der Waals surface area contributed by atoms with Crippen LogP contribution in [0.3, 0.4) is 0 Å². The molecule has 0 radical (unpaired) electrons. The molecule has 0 spiro atoms. The minimum Gasteiger partial charge on any atom is -0.381 e. The van der Waals surface area contributed by atoms with Gasteiger partial charge in [0.2, 0.25) is 0 Å². The molecule has 2 N–H and O–H groups in total. The number of pyridine rings is 1. The number of ether oxygens (including phenoxy) is 1. The molecule has 1 unspecified atom stereocenters. The van der Waals surface area contributed by atoms with E-state index in [9.17, 15) is 14.9 Å². The summed E-state index contributed by atoms with van der Waals surface area (Å²) < 4.78 is 5.23. The Morgan fingerprint density at radius 1 is 1.62 bits per heavy atom. The van der Waals surface area contributed by atoms with Crippen LogP contribution in [0.2, 0.25) is 0 Å². The number of hydrogen-bond acceptors (Lipinski definition) is 6. The molecule has 1 amide bonds. The largest absolute Gasteiger partial charge is 0.381 e. The summed E-state index contributed by atoms with van der Waals surface area (Å²) in [6, 6.07) is 1.40. The minimum atomic E-state index is -0.601. The second-order valence-corrected chi connectivity index (χ2v) is 4.81. The summed E-state index contributed by atoms with van der Waals surface area (Å²) in [5, 5.41) is 16.7. The standard InChI is InChI=1S/C13H18N4O4/c1-2-14-12-5-10(11(7-15-12)17(19)20)13(18)16-6-9-3-4-21-8-9/h5,7,9H,2-4,6,8H2,1H3,(H,14,15)(H,16,18). The Kier molecular flexibility index (Phi) is 5.04. The molecule has 1 aliphatic heterocycles. The van der Waals surface area contributed by atoms with E-state index in [0.29, 0.717) is 32.1 Å². The van der Waals surface area contributed by atoms with Crippen LogP contribution in [0, 0.1) is 16.0 Å². The molecule has 1 saturated heterocycles. The zero-order chi connectivity index (χ0) is 15.2. The zero-order valence-electron chi connectivity index (χ0n) is 11.8. The monoisotopic (exact) mass is 294 g/mol. The summed E-state index contributed by atoms with van der Waals surface area (Å²) in [5.74, 6) is 0.246. The van der Waals surface area contributed by atoms with E-state index in [4.69, 9.17) is 4.74 Å². The van der Waals surface area contributed by atoms with Crippen LogP contribution in [0.1, 0.15) is 23.7 Å². The minimum absolute atomic E-state index is 0.0184. The van der Waals surface area contributed by atoms with Crippen molar-refractivity contribution in [3.63, 3.8) is 0 Å². The number of aromatic nitrogens is 1. The van der Waals surface area contributed by atoms with Crippen molar-refractivity contribution < 1.29 is 14.5 Å². The molecule has 8 heteroatoms. The molecule has 1 aliphatic rings. The quantitative estimate of drug-likeness (QED) is 0.603. The van der Waals surface area contributed by atoms with Crippen LogP contribution in [0.4, 0.5) is 11.5 Å². The molecule has 21 heavy (non-hydrogen) atoms. The van der Waals surface area contributed by atoms with Gasteiger partial charge in [0.15, 0.2) is 0 Å². The maximum Gasteiger partial charge on any atom is 0.300 e. The SMILES string of the molecule is CCNc1cc(C(=O)NCC2CCOC2)c([N+](=O)[O-])cn1. The van der Waals surface area contributed by atoms with Crippen LogP contribution in [0.5, 0.6) is 0 Å². The van der Waals surface area contributed by atoms with Gasteiger partial charge in [0, 0.05) is 31.7 Å². The lowest BCUT2D eigenvalue weighted by Crippen LogP contribution is -2.30. The Morgan fingerprint density at radius 2 is 2.43 bits per heavy atom. The van der Waals surface area contributed by atoms with Crippen LogP contribution >= 0.6 is 0 Å². The first-order chi connectivity index (χ1) is 10.1. The first-order valence-corrected chi connectivity index (χ1v) is 6.86. The van der Waals surface area contributed by atoms with Crippen molar-refractivity contribution in [1.29, 1.82) is 0 Å². The molecule has 0 bridgehead atoms. The van der Waals surface area contributed by atoms with Gasteiger partial charge in [-0.3, -0.25) is 14.9 Å². The number of nitrogens with zero attached hydrogens (tertiary/aromatic N) is 2. The molecule has 0 aromatic carbocycles. The Bertz CT molecular complexity index is 529. The number of nitro groups is 1. The summed E-state index contributed by atoms with van der Waals surface area (Å²) in [5.41, 5.74) is -0.276. The fourth-order valence-corrected chi connectivity index (χ4v) is 2.13. The number of carbonyl (C=O) groups excluding carboxylic acids is 1. The Labute approximate surface area is 122 Å². The van der Waals surface area contributed by atoms with E-state index in [1.807, 2.05) is 6.92 Å². The molecule has 1 aromatic heterocycles. The third-order valence-corrected chi connectivity index (χ3v) is 3.26. The molecule has 1 aromatic rings. The molecule has 0 saturated carbocycles. The van der Waals surface area contributed by atoms with Crippen molar-refractivity contribution in [2.75, 3.05) is 31.6 Å². The van der Waals surface area contributed by atoms with Gasteiger partial charge in [-0.05, 0) is 13.3 Å². The van der Waals surface area contributed by atoms with Gasteiger partial charge in [0.1, 0.15) is 17.6 Å². The van der Waals surface area contributed by atoms with Gasteiger partial charge >= 0.3 is 0 Å². The van der Waals surface area contributed by atoms with Gasteiger partial charge < -0.3 is 15.4 Å². The van der Waals surface area contributed by atoms with Gasteiger partial charge in [-0.25, -0.2) is 4.98 Å². The maximum absolute atomic E-state index is 12.2. The predicted molar refractivity (Wildman–Crippen MR) is 76.3 cm³/mol. The molecular formula is C13H18N4O4. The normalized spacial score (nSPS) is 17.5. The average Bonchev–Trinajstić information content (AvgIpc) is 2.98. The smallest absolute Gasteiger partial charge is 0.300 e. The van der Waals surface area contributed by atoms with E-state index in [-0.39, 0.29) is 17.2 Å². The number of amides is 1.